The Balaban J connectivity index is 2.24. The van der Waals surface area contributed by atoms with Crippen molar-refractivity contribution in [1.82, 2.24) is 9.97 Å². The Morgan fingerprint density at radius 3 is 2.25 bits per heavy atom. The molecule has 2 rings (SSSR count). The number of rotatable bonds is 3. The van der Waals surface area contributed by atoms with Crippen LogP contribution in [0.5, 0.6) is 5.75 Å². The van der Waals surface area contributed by atoms with Gasteiger partial charge >= 0.3 is 0 Å². The first-order valence-corrected chi connectivity index (χ1v) is 5.38. The molecular formula is C12H11ClN2O. The van der Waals surface area contributed by atoms with Crippen molar-refractivity contribution in [2.45, 2.75) is 6.92 Å². The highest BCUT2D eigenvalue weighted by Crippen LogP contribution is 2.21. The third-order valence-corrected chi connectivity index (χ3v) is 2.31. The van der Waals surface area contributed by atoms with E-state index in [0.29, 0.717) is 6.61 Å². The van der Waals surface area contributed by atoms with E-state index in [0.717, 1.165) is 16.9 Å². The SMILES string of the molecule is CCOc1ccc(-c2cnc(Cl)nc2)cc1. The molecule has 0 atom stereocenters. The maximum Gasteiger partial charge on any atom is 0.222 e. The number of aromatic nitrogens is 2. The van der Waals surface area contributed by atoms with Gasteiger partial charge in [0.15, 0.2) is 0 Å². The van der Waals surface area contributed by atoms with Crippen molar-refractivity contribution in [2.24, 2.45) is 0 Å². The molecule has 0 aliphatic heterocycles. The van der Waals surface area contributed by atoms with Crippen molar-refractivity contribution in [2.75, 3.05) is 6.61 Å². The molecule has 0 unspecified atom stereocenters. The number of hydrogen-bond donors (Lipinski definition) is 0. The normalized spacial score (nSPS) is 10.1. The van der Waals surface area contributed by atoms with Crippen molar-refractivity contribution in [3.8, 4) is 16.9 Å². The van der Waals surface area contributed by atoms with Crippen LogP contribution in [0.2, 0.25) is 5.28 Å². The van der Waals surface area contributed by atoms with Gasteiger partial charge in [0.2, 0.25) is 5.28 Å². The number of ether oxygens (including phenoxy) is 1. The number of benzene rings is 1. The topological polar surface area (TPSA) is 35.0 Å². The van der Waals surface area contributed by atoms with Crippen LogP contribution in [0.15, 0.2) is 36.7 Å². The van der Waals surface area contributed by atoms with Gasteiger partial charge in [-0.25, -0.2) is 9.97 Å². The second-order valence-electron chi connectivity index (χ2n) is 3.20. The molecule has 0 radical (unpaired) electrons. The van der Waals surface area contributed by atoms with E-state index in [1.165, 1.54) is 0 Å². The van der Waals surface area contributed by atoms with Gasteiger partial charge in [-0.2, -0.15) is 0 Å². The lowest BCUT2D eigenvalue weighted by Gasteiger charge is -2.04. The highest BCUT2D eigenvalue weighted by Gasteiger charge is 1.99. The van der Waals surface area contributed by atoms with Crippen LogP contribution in [0.25, 0.3) is 11.1 Å². The molecule has 0 saturated heterocycles. The maximum absolute atomic E-state index is 5.62. The summed E-state index contributed by atoms with van der Waals surface area (Å²) < 4.78 is 5.36. The largest absolute Gasteiger partial charge is 0.494 e. The Morgan fingerprint density at radius 2 is 1.69 bits per heavy atom. The molecule has 16 heavy (non-hydrogen) atoms. The average Bonchev–Trinajstić information content (AvgIpc) is 2.32. The maximum atomic E-state index is 5.62. The van der Waals surface area contributed by atoms with E-state index in [-0.39, 0.29) is 5.28 Å². The van der Waals surface area contributed by atoms with Gasteiger partial charge in [0.1, 0.15) is 5.75 Å². The van der Waals surface area contributed by atoms with E-state index in [1.54, 1.807) is 12.4 Å². The Morgan fingerprint density at radius 1 is 1.06 bits per heavy atom. The summed E-state index contributed by atoms with van der Waals surface area (Å²) in [6, 6.07) is 7.79. The molecule has 0 spiro atoms. The van der Waals surface area contributed by atoms with Gasteiger partial charge in [0.05, 0.1) is 6.61 Å². The van der Waals surface area contributed by atoms with Crippen LogP contribution < -0.4 is 4.74 Å². The third-order valence-electron chi connectivity index (χ3n) is 2.12. The number of hydrogen-bond acceptors (Lipinski definition) is 3. The van der Waals surface area contributed by atoms with Crippen molar-refractivity contribution in [3.05, 3.63) is 41.9 Å². The zero-order valence-corrected chi connectivity index (χ0v) is 9.61. The predicted octanol–water partition coefficient (Wildman–Crippen LogP) is 3.20. The van der Waals surface area contributed by atoms with Gasteiger partial charge in [0, 0.05) is 18.0 Å². The molecule has 3 nitrogen and oxygen atoms in total. The summed E-state index contributed by atoms with van der Waals surface area (Å²) in [6.45, 7) is 2.63. The predicted molar refractivity (Wildman–Crippen MR) is 63.6 cm³/mol. The van der Waals surface area contributed by atoms with E-state index in [9.17, 15) is 0 Å². The van der Waals surface area contributed by atoms with Gasteiger partial charge in [-0.1, -0.05) is 12.1 Å². The molecule has 0 aliphatic rings. The Hall–Kier alpha value is -1.61. The van der Waals surface area contributed by atoms with Gasteiger partial charge in [-0.3, -0.25) is 0 Å². The summed E-state index contributed by atoms with van der Waals surface area (Å²) >= 11 is 5.62. The second kappa shape index (κ2) is 4.94. The van der Waals surface area contributed by atoms with Crippen LogP contribution in [-0.2, 0) is 0 Å². The fourth-order valence-electron chi connectivity index (χ4n) is 1.37. The summed E-state index contributed by atoms with van der Waals surface area (Å²) in [5.74, 6) is 0.862. The summed E-state index contributed by atoms with van der Waals surface area (Å²) in [5, 5.41) is 0.259. The minimum Gasteiger partial charge on any atom is -0.494 e. The molecule has 82 valence electrons. The van der Waals surface area contributed by atoms with Gasteiger partial charge in [-0.05, 0) is 36.2 Å². The van der Waals surface area contributed by atoms with Crippen molar-refractivity contribution in [3.63, 3.8) is 0 Å². The van der Waals surface area contributed by atoms with Crippen molar-refractivity contribution in [1.29, 1.82) is 0 Å². The lowest BCUT2D eigenvalue weighted by Crippen LogP contribution is -1.91. The fourth-order valence-corrected chi connectivity index (χ4v) is 1.47. The lowest BCUT2D eigenvalue weighted by molar-refractivity contribution is 0.340. The molecule has 0 fully saturated rings. The molecule has 2 aromatic rings. The lowest BCUT2D eigenvalue weighted by atomic mass is 10.1. The van der Waals surface area contributed by atoms with Crippen LogP contribution in [0.3, 0.4) is 0 Å². The molecule has 0 N–H and O–H groups in total. The number of nitrogens with zero attached hydrogens (tertiary/aromatic N) is 2. The monoisotopic (exact) mass is 234 g/mol. The molecule has 0 aliphatic carbocycles. The first-order chi connectivity index (χ1) is 7.79. The fraction of sp³-hybridized carbons (Fsp3) is 0.167. The molecule has 0 bridgehead atoms. The van der Waals surface area contributed by atoms with Crippen LogP contribution in [0, 0.1) is 0 Å². The van der Waals surface area contributed by atoms with Crippen LogP contribution in [0.4, 0.5) is 0 Å². The Kier molecular flexibility index (Phi) is 3.37. The first-order valence-electron chi connectivity index (χ1n) is 5.00. The van der Waals surface area contributed by atoms with Gasteiger partial charge in [0.25, 0.3) is 0 Å². The second-order valence-corrected chi connectivity index (χ2v) is 3.54. The van der Waals surface area contributed by atoms with E-state index in [2.05, 4.69) is 9.97 Å². The molecule has 1 aromatic carbocycles. The average molecular weight is 235 g/mol. The molecule has 1 heterocycles. The molecule has 0 amide bonds. The van der Waals surface area contributed by atoms with Crippen LogP contribution >= 0.6 is 11.6 Å². The molecular weight excluding hydrogens is 224 g/mol. The third kappa shape index (κ3) is 2.49. The van der Waals surface area contributed by atoms with Gasteiger partial charge < -0.3 is 4.74 Å². The molecule has 4 heteroatoms. The summed E-state index contributed by atoms with van der Waals surface area (Å²) in [5.41, 5.74) is 1.98. The van der Waals surface area contributed by atoms with Crippen LogP contribution in [0.1, 0.15) is 6.92 Å². The van der Waals surface area contributed by atoms with Crippen molar-refractivity contribution >= 4 is 11.6 Å². The molecule has 0 saturated carbocycles. The van der Waals surface area contributed by atoms with Crippen LogP contribution in [-0.4, -0.2) is 16.6 Å². The zero-order valence-electron chi connectivity index (χ0n) is 8.85. The highest BCUT2D eigenvalue weighted by molar-refractivity contribution is 6.28. The summed E-state index contributed by atoms with van der Waals surface area (Å²) in [7, 11) is 0. The minimum absolute atomic E-state index is 0.259. The summed E-state index contributed by atoms with van der Waals surface area (Å²) in [6.07, 6.45) is 3.40. The van der Waals surface area contributed by atoms with Crippen molar-refractivity contribution < 1.29 is 4.74 Å². The summed E-state index contributed by atoms with van der Waals surface area (Å²) in [4.78, 5) is 7.87. The van der Waals surface area contributed by atoms with E-state index in [1.807, 2.05) is 31.2 Å². The standard InChI is InChI=1S/C12H11ClN2O/c1-2-16-11-5-3-9(4-6-11)10-7-14-12(13)15-8-10/h3-8H,2H2,1H3. The first kappa shape index (κ1) is 10.9. The Labute approximate surface area is 99.1 Å². The van der Waals surface area contributed by atoms with E-state index in [4.69, 9.17) is 16.3 Å². The quantitative estimate of drug-likeness (QED) is 0.765. The van der Waals surface area contributed by atoms with Gasteiger partial charge in [-0.15, -0.1) is 0 Å². The minimum atomic E-state index is 0.259. The zero-order chi connectivity index (χ0) is 11.4. The number of halogens is 1. The van der Waals surface area contributed by atoms with E-state index >= 15 is 0 Å². The Bertz CT molecular complexity index is 453. The molecule has 1 aromatic heterocycles. The van der Waals surface area contributed by atoms with E-state index < -0.39 is 0 Å². The highest BCUT2D eigenvalue weighted by atomic mass is 35.5. The smallest absolute Gasteiger partial charge is 0.222 e.